The Morgan fingerprint density at radius 1 is 1.04 bits per heavy atom. The number of benzene rings is 2. The highest BCUT2D eigenvalue weighted by Crippen LogP contribution is 2.25. The van der Waals surface area contributed by atoms with Crippen LogP contribution in [0.3, 0.4) is 0 Å². The summed E-state index contributed by atoms with van der Waals surface area (Å²) >= 11 is 0. The highest BCUT2D eigenvalue weighted by Gasteiger charge is 2.10. The van der Waals surface area contributed by atoms with Gasteiger partial charge < -0.3 is 4.74 Å². The fourth-order valence-electron chi connectivity index (χ4n) is 2.53. The van der Waals surface area contributed by atoms with E-state index in [2.05, 4.69) is 4.72 Å². The number of hydrogen-bond donors (Lipinski definition) is 1. The summed E-state index contributed by atoms with van der Waals surface area (Å²) in [5, 5.41) is 1.18. The number of hydrogen-bond acceptors (Lipinski definition) is 3. The molecule has 0 amide bonds. The van der Waals surface area contributed by atoms with Gasteiger partial charge in [0, 0.05) is 0 Å². The van der Waals surface area contributed by atoms with Crippen LogP contribution in [0.5, 0.6) is 5.75 Å². The van der Waals surface area contributed by atoms with Crippen molar-refractivity contribution in [1.82, 2.24) is 0 Å². The van der Waals surface area contributed by atoms with E-state index in [1.807, 2.05) is 32.9 Å². The molecule has 0 atom stereocenters. The van der Waals surface area contributed by atoms with Gasteiger partial charge in [-0.15, -0.1) is 0 Å². The zero-order chi connectivity index (χ0) is 17.0. The van der Waals surface area contributed by atoms with Crippen molar-refractivity contribution in [2.75, 3.05) is 11.8 Å². The Morgan fingerprint density at radius 2 is 1.65 bits per heavy atom. The third-order valence-electron chi connectivity index (χ3n) is 3.51. The van der Waals surface area contributed by atoms with Gasteiger partial charge in [-0.3, -0.25) is 4.72 Å². The maximum Gasteiger partial charge on any atom is 0.255 e. The van der Waals surface area contributed by atoms with Crippen molar-refractivity contribution in [2.24, 2.45) is 0 Å². The minimum Gasteiger partial charge on any atom is -0.495 e. The lowest BCUT2D eigenvalue weighted by molar-refractivity contribution is 0.417. The molecule has 0 aliphatic carbocycles. The number of para-hydroxylation sites is 2. The second-order valence-electron chi connectivity index (χ2n) is 5.46. The van der Waals surface area contributed by atoms with Crippen LogP contribution in [0.15, 0.2) is 41.8 Å². The van der Waals surface area contributed by atoms with Gasteiger partial charge in [0.2, 0.25) is 0 Å². The summed E-state index contributed by atoms with van der Waals surface area (Å²) in [4.78, 5) is 0. The predicted octanol–water partition coefficient (Wildman–Crippen LogP) is 4.03. The van der Waals surface area contributed by atoms with E-state index in [9.17, 15) is 8.42 Å². The fourth-order valence-corrected chi connectivity index (χ4v) is 3.39. The van der Waals surface area contributed by atoms with Crippen molar-refractivity contribution < 1.29 is 13.2 Å². The molecular formula is C18H21NO3S. The van der Waals surface area contributed by atoms with Crippen molar-refractivity contribution in [3.63, 3.8) is 0 Å². The molecule has 1 N–H and O–H groups in total. The standard InChI is InChI=1S/C18H21NO3S/c1-13-11-14(2)16(15(3)12-13)9-10-23(20,21)19-17-7-5-6-8-18(17)22-4/h5-12,19H,1-4H3/b10-9+. The summed E-state index contributed by atoms with van der Waals surface area (Å²) < 4.78 is 32.2. The smallest absolute Gasteiger partial charge is 0.255 e. The van der Waals surface area contributed by atoms with E-state index < -0.39 is 10.0 Å². The summed E-state index contributed by atoms with van der Waals surface area (Å²) in [5.74, 6) is 0.479. The molecule has 2 aromatic carbocycles. The third-order valence-corrected chi connectivity index (χ3v) is 4.51. The number of anilines is 1. The number of methoxy groups -OCH3 is 1. The van der Waals surface area contributed by atoms with Crippen molar-refractivity contribution in [1.29, 1.82) is 0 Å². The third kappa shape index (κ3) is 4.36. The van der Waals surface area contributed by atoms with E-state index >= 15 is 0 Å². The summed E-state index contributed by atoms with van der Waals surface area (Å²) in [7, 11) is -2.12. The second kappa shape index (κ2) is 6.87. The first kappa shape index (κ1) is 17.1. The molecule has 4 nitrogen and oxygen atoms in total. The van der Waals surface area contributed by atoms with Crippen molar-refractivity contribution in [3.05, 3.63) is 64.1 Å². The van der Waals surface area contributed by atoms with E-state index in [1.54, 1.807) is 30.3 Å². The molecule has 0 aromatic heterocycles. The summed E-state index contributed by atoms with van der Waals surface area (Å²) in [5.41, 5.74) is 4.59. The van der Waals surface area contributed by atoms with Gasteiger partial charge in [-0.25, -0.2) is 8.42 Å². The van der Waals surface area contributed by atoms with Gasteiger partial charge in [0.1, 0.15) is 5.75 Å². The predicted molar refractivity (Wildman–Crippen MR) is 95.2 cm³/mol. The van der Waals surface area contributed by atoms with Gasteiger partial charge >= 0.3 is 0 Å². The van der Waals surface area contributed by atoms with Crippen LogP contribution >= 0.6 is 0 Å². The molecule has 0 saturated carbocycles. The molecule has 0 aliphatic rings. The average Bonchev–Trinajstić information content (AvgIpc) is 2.46. The van der Waals surface area contributed by atoms with Gasteiger partial charge in [0.25, 0.3) is 10.0 Å². The molecule has 5 heteroatoms. The highest BCUT2D eigenvalue weighted by atomic mass is 32.2. The van der Waals surface area contributed by atoms with Crippen LogP contribution < -0.4 is 9.46 Å². The Kier molecular flexibility index (Phi) is 5.11. The molecule has 0 bridgehead atoms. The van der Waals surface area contributed by atoms with E-state index in [0.29, 0.717) is 11.4 Å². The number of rotatable bonds is 5. The van der Waals surface area contributed by atoms with E-state index in [1.165, 1.54) is 12.5 Å². The number of nitrogens with one attached hydrogen (secondary N) is 1. The zero-order valence-corrected chi connectivity index (χ0v) is 14.6. The number of aryl methyl sites for hydroxylation is 3. The number of sulfonamides is 1. The second-order valence-corrected chi connectivity index (χ2v) is 7.03. The van der Waals surface area contributed by atoms with Crippen LogP contribution in [0, 0.1) is 20.8 Å². The summed E-state index contributed by atoms with van der Waals surface area (Å²) in [6, 6.07) is 11.0. The Bertz CT molecular complexity index is 816. The highest BCUT2D eigenvalue weighted by molar-refractivity contribution is 7.95. The average molecular weight is 331 g/mol. The van der Waals surface area contributed by atoms with Gasteiger partial charge in [0.05, 0.1) is 18.2 Å². The van der Waals surface area contributed by atoms with Crippen LogP contribution in [0.25, 0.3) is 6.08 Å². The molecule has 0 radical (unpaired) electrons. The summed E-state index contributed by atoms with van der Waals surface area (Å²) in [6.45, 7) is 5.97. The molecule has 0 unspecified atom stereocenters. The molecule has 0 fully saturated rings. The Balaban J connectivity index is 2.28. The molecule has 0 aliphatic heterocycles. The first-order chi connectivity index (χ1) is 10.8. The Labute approximate surface area is 137 Å². The van der Waals surface area contributed by atoms with Gasteiger partial charge in [0.15, 0.2) is 0 Å². The molecule has 0 heterocycles. The summed E-state index contributed by atoms with van der Waals surface area (Å²) in [6.07, 6.45) is 1.63. The Morgan fingerprint density at radius 3 is 2.26 bits per heavy atom. The molecule has 2 aromatic rings. The maximum absolute atomic E-state index is 12.3. The number of ether oxygens (including phenoxy) is 1. The van der Waals surface area contributed by atoms with Gasteiger partial charge in [-0.05, 0) is 55.7 Å². The quantitative estimate of drug-likeness (QED) is 0.900. The molecular weight excluding hydrogens is 310 g/mol. The van der Waals surface area contributed by atoms with Crippen LogP contribution in [0.1, 0.15) is 22.3 Å². The topological polar surface area (TPSA) is 55.4 Å². The van der Waals surface area contributed by atoms with Gasteiger partial charge in [-0.1, -0.05) is 29.8 Å². The minimum atomic E-state index is -3.62. The van der Waals surface area contributed by atoms with Gasteiger partial charge in [-0.2, -0.15) is 0 Å². The van der Waals surface area contributed by atoms with Crippen LogP contribution in [-0.2, 0) is 10.0 Å². The molecule has 122 valence electrons. The van der Waals surface area contributed by atoms with Crippen LogP contribution in [0.2, 0.25) is 0 Å². The lowest BCUT2D eigenvalue weighted by atomic mass is 10.0. The Hall–Kier alpha value is -2.27. The lowest BCUT2D eigenvalue weighted by Gasteiger charge is -2.10. The lowest BCUT2D eigenvalue weighted by Crippen LogP contribution is -2.09. The minimum absolute atomic E-state index is 0.414. The van der Waals surface area contributed by atoms with Crippen molar-refractivity contribution in [2.45, 2.75) is 20.8 Å². The molecule has 0 saturated heterocycles. The maximum atomic E-state index is 12.3. The first-order valence-electron chi connectivity index (χ1n) is 7.24. The van der Waals surface area contributed by atoms with Crippen molar-refractivity contribution >= 4 is 21.8 Å². The molecule has 23 heavy (non-hydrogen) atoms. The SMILES string of the molecule is COc1ccccc1NS(=O)(=O)/C=C/c1c(C)cc(C)cc1C. The van der Waals surface area contributed by atoms with E-state index in [0.717, 1.165) is 22.3 Å². The van der Waals surface area contributed by atoms with Crippen LogP contribution in [-0.4, -0.2) is 15.5 Å². The molecule has 2 rings (SSSR count). The van der Waals surface area contributed by atoms with Crippen LogP contribution in [0.4, 0.5) is 5.69 Å². The normalized spacial score (nSPS) is 11.7. The van der Waals surface area contributed by atoms with E-state index in [-0.39, 0.29) is 0 Å². The largest absolute Gasteiger partial charge is 0.495 e. The molecule has 0 spiro atoms. The zero-order valence-electron chi connectivity index (χ0n) is 13.8. The fraction of sp³-hybridized carbons (Fsp3) is 0.222. The van der Waals surface area contributed by atoms with Crippen molar-refractivity contribution in [3.8, 4) is 5.75 Å². The van der Waals surface area contributed by atoms with E-state index in [4.69, 9.17) is 4.74 Å². The monoisotopic (exact) mass is 331 g/mol. The first-order valence-corrected chi connectivity index (χ1v) is 8.79.